The number of hydrazine groups is 1. The Morgan fingerprint density at radius 1 is 1.53 bits per heavy atom. The smallest absolute Gasteiger partial charge is 0.332 e. The minimum Gasteiger partial charge on any atom is -0.350 e. The van der Waals surface area contributed by atoms with E-state index < -0.39 is 6.03 Å². The Hall–Kier alpha value is -1.99. The summed E-state index contributed by atoms with van der Waals surface area (Å²) in [5.74, 6) is 5.09. The molecule has 0 spiro atoms. The molecule has 1 unspecified atom stereocenters. The summed E-state index contributed by atoms with van der Waals surface area (Å²) in [6.07, 6.45) is 2.93. The number of urea groups is 1. The molecule has 0 aliphatic rings. The monoisotopic (exact) mass is 271 g/mol. The van der Waals surface area contributed by atoms with E-state index in [9.17, 15) is 9.70 Å². The minimum absolute atomic E-state index is 0.0271. The van der Waals surface area contributed by atoms with E-state index in [0.717, 1.165) is 12.1 Å². The highest BCUT2D eigenvalue weighted by Crippen LogP contribution is 2.31. The summed E-state index contributed by atoms with van der Waals surface area (Å²) in [5, 5.41) is 7.36. The maximum atomic E-state index is 10.6. The van der Waals surface area contributed by atoms with E-state index in [1.165, 1.54) is 6.21 Å². The molecule has 19 heavy (non-hydrogen) atoms. The first-order chi connectivity index (χ1) is 8.67. The van der Waals surface area contributed by atoms with Gasteiger partial charge < -0.3 is 5.73 Å². The van der Waals surface area contributed by atoms with E-state index >= 15 is 0 Å². The number of rotatable bonds is 7. The molecule has 0 fully saturated rings. The van der Waals surface area contributed by atoms with Crippen LogP contribution in [0.1, 0.15) is 40.5 Å². The number of nitrogens with one attached hydrogen (secondary N) is 1. The zero-order chi connectivity index (χ0) is 15.1. The molecule has 0 aromatic rings. The zero-order valence-corrected chi connectivity index (χ0v) is 11.9. The second-order valence-electron chi connectivity index (χ2n) is 4.97. The van der Waals surface area contributed by atoms with Crippen molar-refractivity contribution in [1.29, 1.82) is 0 Å². The average molecular weight is 271 g/mol. The van der Waals surface area contributed by atoms with Crippen molar-refractivity contribution in [3.8, 4) is 0 Å². The van der Waals surface area contributed by atoms with E-state index in [4.69, 9.17) is 11.6 Å². The number of nitrogens with two attached hydrogens (primary N) is 2. The predicted molar refractivity (Wildman–Crippen MR) is 74.3 cm³/mol. The summed E-state index contributed by atoms with van der Waals surface area (Å²) in [6, 6.07) is -0.687. The van der Waals surface area contributed by atoms with Crippen molar-refractivity contribution in [3.63, 3.8) is 0 Å². The molecule has 0 aliphatic carbocycles. The number of carbonyl (C=O) groups is 1. The lowest BCUT2D eigenvalue weighted by Gasteiger charge is -2.31. The second kappa shape index (κ2) is 7.45. The van der Waals surface area contributed by atoms with Crippen LogP contribution in [0.2, 0.25) is 0 Å². The number of primary amides is 1. The molecule has 8 nitrogen and oxygen atoms in total. The molecule has 0 bridgehead atoms. The van der Waals surface area contributed by atoms with Crippen molar-refractivity contribution in [3.05, 3.63) is 4.91 Å². The summed E-state index contributed by atoms with van der Waals surface area (Å²) >= 11 is 0. The molecule has 0 rings (SSSR count). The van der Waals surface area contributed by atoms with Crippen molar-refractivity contribution in [2.45, 2.75) is 40.5 Å². The molecule has 0 aliphatic heterocycles. The lowest BCUT2D eigenvalue weighted by Crippen LogP contribution is -2.33. The van der Waals surface area contributed by atoms with Crippen LogP contribution in [0.15, 0.2) is 10.2 Å². The van der Waals surface area contributed by atoms with E-state index in [-0.39, 0.29) is 16.3 Å². The quantitative estimate of drug-likeness (QED) is 0.278. The van der Waals surface area contributed by atoms with Gasteiger partial charge in [0.1, 0.15) is 0 Å². The maximum Gasteiger partial charge on any atom is 0.332 e. The maximum absolute atomic E-state index is 10.6. The molecule has 108 valence electrons. The van der Waals surface area contributed by atoms with Crippen molar-refractivity contribution < 1.29 is 9.77 Å². The summed E-state index contributed by atoms with van der Waals surface area (Å²) in [7, 11) is 0. The van der Waals surface area contributed by atoms with E-state index in [1.807, 2.05) is 20.8 Å². The first-order valence-corrected chi connectivity index (χ1v) is 6.02. The van der Waals surface area contributed by atoms with Crippen LogP contribution >= 0.6 is 0 Å². The van der Waals surface area contributed by atoms with Gasteiger partial charge in [-0.3, -0.25) is 0 Å². The Morgan fingerprint density at radius 2 is 2.11 bits per heavy atom. The van der Waals surface area contributed by atoms with Crippen LogP contribution in [0.5, 0.6) is 0 Å². The van der Waals surface area contributed by atoms with Crippen LogP contribution in [0.25, 0.3) is 0 Å². The third-order valence-electron chi connectivity index (χ3n) is 3.42. The number of amides is 2. The van der Waals surface area contributed by atoms with Gasteiger partial charge in [0.25, 0.3) is 4.98 Å². The largest absolute Gasteiger partial charge is 0.350 e. The molecule has 5 N–H and O–H groups in total. The fourth-order valence-electron chi connectivity index (χ4n) is 1.46. The summed E-state index contributed by atoms with van der Waals surface area (Å²) in [4.78, 5) is 21.0. The molecule has 0 aromatic carbocycles. The Morgan fingerprint density at radius 3 is 2.58 bits per heavy atom. The molecule has 0 saturated heterocycles. The SMILES string of the molecule is CC(=NNC(N)=O)C(C)(C)C(C)CCC=N[N+](N)=O. The first-order valence-electron chi connectivity index (χ1n) is 6.02. The molecule has 0 heterocycles. The fraction of sp³-hybridized carbons (Fsp3) is 0.727. The van der Waals surface area contributed by atoms with Crippen LogP contribution in [0.3, 0.4) is 0 Å². The van der Waals surface area contributed by atoms with Gasteiger partial charge in [-0.05, 0) is 25.7 Å². The molecular formula is C11H23N6O2+. The zero-order valence-electron chi connectivity index (χ0n) is 11.9. The number of nitroso groups, excluding NO2 is 1. The van der Waals surface area contributed by atoms with Crippen molar-refractivity contribution in [1.82, 2.24) is 5.43 Å². The third-order valence-corrected chi connectivity index (χ3v) is 3.42. The standard InChI is InChI=1S/C11H22N6O2/c1-8(6-5-7-14-17(13)19)11(3,4)9(2)15-16-10(12)18/h7-8H,5-6H2,1-4H3,(H4-,12,13,16,18,19)/p+1. The molecule has 0 radical (unpaired) electrons. The van der Waals surface area contributed by atoms with Gasteiger partial charge in [0.2, 0.25) is 0 Å². The van der Waals surface area contributed by atoms with Crippen molar-refractivity contribution >= 4 is 18.0 Å². The van der Waals surface area contributed by atoms with Gasteiger partial charge in [-0.25, -0.2) is 10.2 Å². The Bertz CT molecular complexity index is 389. The first kappa shape index (κ1) is 17.0. The normalized spacial score (nSPS) is 14.4. The lowest BCUT2D eigenvalue weighted by atomic mass is 9.74. The van der Waals surface area contributed by atoms with Gasteiger partial charge in [-0.1, -0.05) is 20.8 Å². The molecular weight excluding hydrogens is 248 g/mol. The number of carbonyl (C=O) groups excluding carboxylic acids is 1. The third kappa shape index (κ3) is 6.49. The highest BCUT2D eigenvalue weighted by atomic mass is 16.3. The van der Waals surface area contributed by atoms with E-state index in [0.29, 0.717) is 6.42 Å². The lowest BCUT2D eigenvalue weighted by molar-refractivity contribution is -0.565. The number of nitrogens with zero attached hydrogens (tertiary/aromatic N) is 3. The van der Waals surface area contributed by atoms with Gasteiger partial charge in [-0.15, -0.1) is 5.84 Å². The van der Waals surface area contributed by atoms with Crippen LogP contribution < -0.4 is 17.0 Å². The Labute approximate surface area is 112 Å². The van der Waals surface area contributed by atoms with Gasteiger partial charge in [-0.2, -0.15) is 5.10 Å². The summed E-state index contributed by atoms with van der Waals surface area (Å²) in [5.41, 5.74) is 7.76. The van der Waals surface area contributed by atoms with Gasteiger partial charge in [0.15, 0.2) is 0 Å². The number of hydrazone groups is 2. The van der Waals surface area contributed by atoms with E-state index in [1.54, 1.807) is 0 Å². The van der Waals surface area contributed by atoms with Crippen LogP contribution in [0, 0.1) is 16.2 Å². The molecule has 0 saturated carbocycles. The van der Waals surface area contributed by atoms with E-state index in [2.05, 4.69) is 22.6 Å². The topological polar surface area (TPSA) is 126 Å². The molecule has 0 aromatic heterocycles. The highest BCUT2D eigenvalue weighted by Gasteiger charge is 2.28. The minimum atomic E-state index is -0.687. The summed E-state index contributed by atoms with van der Waals surface area (Å²) < 4.78 is 0. The number of hydrogen-bond donors (Lipinski definition) is 3. The Kier molecular flexibility index (Phi) is 6.67. The Balaban J connectivity index is 4.49. The van der Waals surface area contributed by atoms with Crippen molar-refractivity contribution in [2.24, 2.45) is 33.1 Å². The van der Waals surface area contributed by atoms with Gasteiger partial charge in [0, 0.05) is 11.1 Å². The second-order valence-corrected chi connectivity index (χ2v) is 4.97. The molecule has 1 atom stereocenters. The van der Waals surface area contributed by atoms with Crippen LogP contribution in [0.4, 0.5) is 4.79 Å². The highest BCUT2D eigenvalue weighted by molar-refractivity contribution is 5.88. The number of hydrogen-bond acceptors (Lipinski definition) is 3. The predicted octanol–water partition coefficient (Wildman–Crippen LogP) is 1.11. The average Bonchev–Trinajstić information content (AvgIpc) is 2.30. The molecule has 8 heteroatoms. The van der Waals surface area contributed by atoms with Gasteiger partial charge in [0.05, 0.1) is 16.2 Å². The molecule has 2 amide bonds. The van der Waals surface area contributed by atoms with Crippen LogP contribution in [-0.2, 0) is 0 Å². The fourth-order valence-corrected chi connectivity index (χ4v) is 1.46. The van der Waals surface area contributed by atoms with Gasteiger partial charge >= 0.3 is 6.03 Å². The van der Waals surface area contributed by atoms with Crippen LogP contribution in [-0.4, -0.2) is 22.9 Å². The van der Waals surface area contributed by atoms with Crippen molar-refractivity contribution in [2.75, 3.05) is 0 Å². The summed E-state index contributed by atoms with van der Waals surface area (Å²) in [6.45, 7) is 7.95.